The molecule has 1 rings (SSSR count). The van der Waals surface area contributed by atoms with E-state index in [0.29, 0.717) is 0 Å². The van der Waals surface area contributed by atoms with E-state index in [0.717, 1.165) is 5.75 Å². The van der Waals surface area contributed by atoms with Crippen LogP contribution in [0, 0.1) is 6.92 Å². The van der Waals surface area contributed by atoms with Gasteiger partial charge in [-0.3, -0.25) is 0 Å². The summed E-state index contributed by atoms with van der Waals surface area (Å²) in [6.07, 6.45) is 0. The Labute approximate surface area is 77.1 Å². The van der Waals surface area contributed by atoms with Gasteiger partial charge in [-0.1, -0.05) is 12.1 Å². The Kier molecular flexibility index (Phi) is 2.79. The number of benzene rings is 1. The van der Waals surface area contributed by atoms with Crippen LogP contribution in [0.15, 0.2) is 24.3 Å². The van der Waals surface area contributed by atoms with Gasteiger partial charge in [-0.25, -0.2) is 0 Å². The molecule has 1 aromatic carbocycles. The Bertz CT molecular complexity index is 267. The first-order valence-corrected chi connectivity index (χ1v) is 4.60. The minimum Gasteiger partial charge on any atom is -0.493 e. The zero-order chi connectivity index (χ0) is 9.19. The molecule has 1 aromatic rings. The molecular formula is C9H14BOP. The molecule has 2 atom stereocenters. The summed E-state index contributed by atoms with van der Waals surface area (Å²) in [4.78, 5) is 0. The molecule has 0 aliphatic rings. The van der Waals surface area contributed by atoms with Crippen molar-refractivity contribution >= 4 is 17.1 Å². The van der Waals surface area contributed by atoms with E-state index >= 15 is 0 Å². The molecule has 0 aliphatic heterocycles. The molecule has 0 bridgehead atoms. The lowest BCUT2D eigenvalue weighted by Gasteiger charge is -2.21. The normalized spacial score (nSPS) is 15.2. The van der Waals surface area contributed by atoms with Crippen LogP contribution in [0.4, 0.5) is 0 Å². The first-order valence-electron chi connectivity index (χ1n) is 4.02. The molecule has 0 aromatic heterocycles. The van der Waals surface area contributed by atoms with Crippen molar-refractivity contribution < 1.29 is 4.74 Å². The van der Waals surface area contributed by atoms with Gasteiger partial charge in [-0.15, -0.1) is 9.24 Å². The molecule has 2 unspecified atom stereocenters. The van der Waals surface area contributed by atoms with Crippen molar-refractivity contribution in [2.45, 2.75) is 19.1 Å². The number of hydrogen-bond donors (Lipinski definition) is 0. The van der Waals surface area contributed by atoms with Gasteiger partial charge < -0.3 is 4.74 Å². The smallest absolute Gasteiger partial charge is 0.163 e. The van der Waals surface area contributed by atoms with Gasteiger partial charge in [-0.2, -0.15) is 0 Å². The molecule has 3 heteroatoms. The van der Waals surface area contributed by atoms with Crippen LogP contribution in [0.5, 0.6) is 5.75 Å². The van der Waals surface area contributed by atoms with E-state index in [-0.39, 0.29) is 5.24 Å². The Morgan fingerprint density at radius 1 is 1.50 bits per heavy atom. The largest absolute Gasteiger partial charge is 0.493 e. The van der Waals surface area contributed by atoms with Crippen LogP contribution in [0.25, 0.3) is 0 Å². The van der Waals surface area contributed by atoms with Gasteiger partial charge in [-0.05, 0) is 31.5 Å². The number of hydrogen-bond acceptors (Lipinski definition) is 1. The third kappa shape index (κ3) is 3.27. The van der Waals surface area contributed by atoms with Crippen LogP contribution in [0.3, 0.4) is 0 Å². The fraction of sp³-hybridized carbons (Fsp3) is 0.333. The maximum absolute atomic E-state index is 5.65. The molecule has 0 N–H and O–H groups in total. The topological polar surface area (TPSA) is 9.23 Å². The van der Waals surface area contributed by atoms with E-state index in [1.165, 1.54) is 5.56 Å². The Hall–Kier alpha value is -0.485. The highest BCUT2D eigenvalue weighted by atomic mass is 31.0. The van der Waals surface area contributed by atoms with Crippen LogP contribution in [-0.2, 0) is 0 Å². The summed E-state index contributed by atoms with van der Waals surface area (Å²) in [5.74, 6) is 0.926. The third-order valence-corrected chi connectivity index (χ3v) is 1.49. The highest BCUT2D eigenvalue weighted by Gasteiger charge is 2.11. The summed E-state index contributed by atoms with van der Waals surface area (Å²) < 4.78 is 5.65. The fourth-order valence-electron chi connectivity index (χ4n) is 0.983. The van der Waals surface area contributed by atoms with Gasteiger partial charge in [0.25, 0.3) is 0 Å². The predicted molar refractivity (Wildman–Crippen MR) is 58.5 cm³/mol. The van der Waals surface area contributed by atoms with Crippen LogP contribution < -0.4 is 4.74 Å². The molecule has 1 nitrogen and oxygen atoms in total. The van der Waals surface area contributed by atoms with Gasteiger partial charge in [0.2, 0.25) is 0 Å². The average molecular weight is 180 g/mol. The lowest BCUT2D eigenvalue weighted by Crippen LogP contribution is -2.23. The van der Waals surface area contributed by atoms with Crippen molar-refractivity contribution in [2.75, 3.05) is 0 Å². The lowest BCUT2D eigenvalue weighted by molar-refractivity contribution is 0.268. The Balaban J connectivity index is 2.77. The Morgan fingerprint density at radius 2 is 2.17 bits per heavy atom. The maximum atomic E-state index is 5.65. The zero-order valence-corrected chi connectivity index (χ0v) is 8.95. The molecule has 0 amide bonds. The summed E-state index contributed by atoms with van der Waals surface area (Å²) in [6.45, 7) is 4.07. The second-order valence-electron chi connectivity index (χ2n) is 3.52. The molecule has 64 valence electrons. The quantitative estimate of drug-likeness (QED) is 0.495. The summed E-state index contributed by atoms with van der Waals surface area (Å²) >= 11 is 0. The fourth-order valence-corrected chi connectivity index (χ4v) is 1.12. The summed E-state index contributed by atoms with van der Waals surface area (Å²) in [5.41, 5.74) is 1.22. The van der Waals surface area contributed by atoms with Crippen molar-refractivity contribution in [2.24, 2.45) is 0 Å². The molecule has 0 fully saturated rings. The van der Waals surface area contributed by atoms with Crippen LogP contribution in [0.1, 0.15) is 12.5 Å². The van der Waals surface area contributed by atoms with Crippen molar-refractivity contribution in [3.05, 3.63) is 29.8 Å². The second-order valence-corrected chi connectivity index (χ2v) is 4.91. The van der Waals surface area contributed by atoms with E-state index < -0.39 is 0 Å². The van der Waals surface area contributed by atoms with E-state index in [1.54, 1.807) is 0 Å². The summed E-state index contributed by atoms with van der Waals surface area (Å²) in [5, 5.41) is -0.187. The molecule has 0 heterocycles. The van der Waals surface area contributed by atoms with Gasteiger partial charge in [0.1, 0.15) is 5.75 Å². The van der Waals surface area contributed by atoms with Gasteiger partial charge in [0, 0.05) is 0 Å². The first kappa shape index (κ1) is 9.60. The number of ether oxygens (including phenoxy) is 1. The van der Waals surface area contributed by atoms with Crippen LogP contribution in [0.2, 0.25) is 0 Å². The third-order valence-electron chi connectivity index (χ3n) is 1.37. The first-order chi connectivity index (χ1) is 5.47. The average Bonchev–Trinajstić information content (AvgIpc) is 1.82. The van der Waals surface area contributed by atoms with E-state index in [9.17, 15) is 0 Å². The lowest BCUT2D eigenvalue weighted by atomic mass is 10.0. The van der Waals surface area contributed by atoms with Crippen molar-refractivity contribution in [1.29, 1.82) is 0 Å². The summed E-state index contributed by atoms with van der Waals surface area (Å²) in [6, 6.07) is 8.06. The monoisotopic (exact) mass is 180 g/mol. The van der Waals surface area contributed by atoms with E-state index in [4.69, 9.17) is 4.74 Å². The molecule has 0 saturated heterocycles. The molecular weight excluding hydrogens is 166 g/mol. The van der Waals surface area contributed by atoms with E-state index in [1.807, 2.05) is 33.0 Å². The minimum atomic E-state index is -0.187. The van der Waals surface area contributed by atoms with Gasteiger partial charge in [0.05, 0.1) is 5.24 Å². The predicted octanol–water partition coefficient (Wildman–Crippen LogP) is 1.56. The van der Waals surface area contributed by atoms with Gasteiger partial charge >= 0.3 is 0 Å². The summed E-state index contributed by atoms with van der Waals surface area (Å²) in [7, 11) is 4.67. The second kappa shape index (κ2) is 3.49. The van der Waals surface area contributed by atoms with Crippen molar-refractivity contribution in [1.82, 2.24) is 0 Å². The van der Waals surface area contributed by atoms with Gasteiger partial charge in [0.15, 0.2) is 7.85 Å². The molecule has 0 spiro atoms. The minimum absolute atomic E-state index is 0.187. The van der Waals surface area contributed by atoms with Crippen molar-refractivity contribution in [3.8, 4) is 5.75 Å². The molecule has 12 heavy (non-hydrogen) atoms. The number of rotatable bonds is 2. The molecule has 0 radical (unpaired) electrons. The highest BCUT2D eigenvalue weighted by molar-refractivity contribution is 7.21. The SMILES string of the molecule is BC(C)(P)Oc1cccc(C)c1. The van der Waals surface area contributed by atoms with Crippen LogP contribution >= 0.6 is 9.24 Å². The zero-order valence-electron chi connectivity index (χ0n) is 7.79. The standard InChI is InChI=1S/C9H14BOP/c1-7-4-3-5-8(6-7)11-9(2,10)12/h3-6H,10,12H2,1-2H3. The van der Waals surface area contributed by atoms with Crippen LogP contribution in [-0.4, -0.2) is 13.1 Å². The molecule has 0 saturated carbocycles. The maximum Gasteiger partial charge on any atom is 0.163 e. The number of aryl methyl sites for hydroxylation is 1. The molecule has 0 aliphatic carbocycles. The van der Waals surface area contributed by atoms with E-state index in [2.05, 4.69) is 22.2 Å². The van der Waals surface area contributed by atoms with Crippen molar-refractivity contribution in [3.63, 3.8) is 0 Å². The highest BCUT2D eigenvalue weighted by Crippen LogP contribution is 2.21. The Morgan fingerprint density at radius 3 is 2.67 bits per heavy atom.